The van der Waals surface area contributed by atoms with Crippen molar-refractivity contribution in [2.45, 2.75) is 45.6 Å². The quantitative estimate of drug-likeness (QED) is 0.125. The molecule has 3 fully saturated rings. The van der Waals surface area contributed by atoms with Gasteiger partial charge in [-0.2, -0.15) is 0 Å². The Morgan fingerprint density at radius 3 is 2.25 bits per heavy atom. The number of esters is 1. The summed E-state index contributed by atoms with van der Waals surface area (Å²) in [4.78, 5) is 59.7. The molecule has 2 amide bonds. The summed E-state index contributed by atoms with van der Waals surface area (Å²) < 4.78 is 5.81. The average Bonchev–Trinajstić information content (AvgIpc) is 3.74. The van der Waals surface area contributed by atoms with Gasteiger partial charge in [0, 0.05) is 21.5 Å². The van der Waals surface area contributed by atoms with E-state index >= 15 is 0 Å². The smallest absolute Gasteiger partial charge is 0.339 e. The Morgan fingerprint density at radius 2 is 1.61 bits per heavy atom. The number of hydrogen-bond acceptors (Lipinski definition) is 6. The molecule has 2 heterocycles. The molecule has 3 aromatic carbocycles. The maximum Gasteiger partial charge on any atom is 0.339 e. The molecule has 0 radical (unpaired) electrons. The molecule has 3 aliphatic rings. The number of ether oxygens (including phenoxy) is 1. The van der Waals surface area contributed by atoms with E-state index < -0.39 is 12.1 Å². The molecule has 1 aliphatic heterocycles. The summed E-state index contributed by atoms with van der Waals surface area (Å²) in [6.45, 7) is 3.64. The lowest BCUT2D eigenvalue weighted by Gasteiger charge is -2.19. The predicted octanol–water partition coefficient (Wildman–Crippen LogP) is 7.22. The molecule has 7 nitrogen and oxygen atoms in total. The number of aromatic nitrogens is 1. The molecule has 5 atom stereocenters. The summed E-state index contributed by atoms with van der Waals surface area (Å²) in [5.74, 6) is -0.827. The van der Waals surface area contributed by atoms with Crippen LogP contribution in [0.25, 0.3) is 22.2 Å². The van der Waals surface area contributed by atoms with E-state index in [9.17, 15) is 19.2 Å². The topological polar surface area (TPSA) is 93.6 Å². The van der Waals surface area contributed by atoms with Crippen LogP contribution in [0.1, 0.15) is 58.9 Å². The number of carbonyl (C=O) groups is 4. The average molecular weight is 607 g/mol. The van der Waals surface area contributed by atoms with E-state index in [2.05, 4.69) is 0 Å². The number of ketones is 1. The van der Waals surface area contributed by atoms with Gasteiger partial charge in [-0.05, 0) is 74.3 Å². The third-order valence-electron chi connectivity index (χ3n) is 9.71. The molecule has 222 valence electrons. The zero-order valence-corrected chi connectivity index (χ0v) is 25.2. The molecule has 1 aromatic heterocycles. The predicted molar refractivity (Wildman–Crippen MR) is 167 cm³/mol. The van der Waals surface area contributed by atoms with Gasteiger partial charge in [0.05, 0.1) is 34.3 Å². The highest BCUT2D eigenvalue weighted by Crippen LogP contribution is 2.56. The van der Waals surface area contributed by atoms with Gasteiger partial charge in [-0.15, -0.1) is 0 Å². The Kier molecular flexibility index (Phi) is 7.08. The van der Waals surface area contributed by atoms with E-state index in [-0.39, 0.29) is 35.0 Å². The molecule has 5 unspecified atom stereocenters. The molecule has 1 saturated heterocycles. The number of amides is 2. The number of carbonyl (C=O) groups excluding carboxylic acids is 4. The Labute approximate surface area is 260 Å². The highest BCUT2D eigenvalue weighted by Gasteiger charge is 2.61. The van der Waals surface area contributed by atoms with Crippen LogP contribution in [0.15, 0.2) is 72.8 Å². The van der Waals surface area contributed by atoms with Crippen molar-refractivity contribution in [3.63, 3.8) is 0 Å². The van der Waals surface area contributed by atoms with E-state index in [4.69, 9.17) is 21.3 Å². The number of pyridine rings is 1. The van der Waals surface area contributed by atoms with Gasteiger partial charge in [0.2, 0.25) is 17.6 Å². The maximum atomic E-state index is 13.7. The van der Waals surface area contributed by atoms with Gasteiger partial charge in [0.1, 0.15) is 0 Å². The normalized spacial score (nSPS) is 22.8. The number of halogens is 1. The zero-order valence-electron chi connectivity index (χ0n) is 24.5. The first-order chi connectivity index (χ1) is 21.3. The minimum atomic E-state index is -0.950. The third kappa shape index (κ3) is 4.53. The number of anilines is 1. The zero-order chi connectivity index (χ0) is 30.7. The van der Waals surface area contributed by atoms with Crippen molar-refractivity contribution in [1.82, 2.24) is 4.98 Å². The third-order valence-corrected chi connectivity index (χ3v) is 10.1. The van der Waals surface area contributed by atoms with E-state index in [1.807, 2.05) is 13.0 Å². The van der Waals surface area contributed by atoms with E-state index in [1.165, 1.54) is 4.90 Å². The second-order valence-electron chi connectivity index (χ2n) is 12.1. The summed E-state index contributed by atoms with van der Waals surface area (Å²) >= 11 is 6.45. The first-order valence-electron chi connectivity index (χ1n) is 15.1. The van der Waals surface area contributed by atoms with Crippen molar-refractivity contribution in [1.29, 1.82) is 0 Å². The Morgan fingerprint density at radius 1 is 0.955 bits per heavy atom. The van der Waals surface area contributed by atoms with Crippen molar-refractivity contribution in [3.8, 4) is 11.3 Å². The molecule has 0 N–H and O–H groups in total. The number of imide groups is 1. The van der Waals surface area contributed by atoms with E-state index in [0.29, 0.717) is 62.3 Å². The van der Waals surface area contributed by atoms with Crippen LogP contribution in [-0.4, -0.2) is 34.7 Å². The first kappa shape index (κ1) is 28.4. The van der Waals surface area contributed by atoms with Gasteiger partial charge in [-0.1, -0.05) is 67.1 Å². The standard InChI is InChI=1S/C36H31ClN2O5/c1-3-29(33(40)21-7-5-4-6-8-21)44-36(43)26-18-28(38-32-19(2)27(37)16-15-25(26)32)20-11-13-24(14-12-20)39-34(41)30-22-9-10-23(17-22)31(30)35(39)42/h4-8,11-16,18,22-23,29-31H,3,9-10,17H2,1-2H3. The van der Waals surface area contributed by atoms with Gasteiger partial charge in [-0.25, -0.2) is 9.78 Å². The van der Waals surface area contributed by atoms with Gasteiger partial charge in [0.25, 0.3) is 0 Å². The van der Waals surface area contributed by atoms with Crippen LogP contribution in [0.5, 0.6) is 0 Å². The van der Waals surface area contributed by atoms with Crippen LogP contribution in [0.2, 0.25) is 5.02 Å². The lowest BCUT2D eigenvalue weighted by molar-refractivity contribution is -0.123. The van der Waals surface area contributed by atoms with E-state index in [1.54, 1.807) is 73.7 Å². The fraction of sp³-hybridized carbons (Fsp3) is 0.306. The number of hydrogen-bond donors (Lipinski definition) is 0. The molecule has 4 aromatic rings. The van der Waals surface area contributed by atoms with Crippen LogP contribution in [0, 0.1) is 30.6 Å². The molecular formula is C36H31ClN2O5. The highest BCUT2D eigenvalue weighted by atomic mass is 35.5. The lowest BCUT2D eigenvalue weighted by Crippen LogP contribution is -2.32. The molecule has 0 spiro atoms. The SMILES string of the molecule is CCC(OC(=O)c1cc(-c2ccc(N3C(=O)C4C5CCC(C5)C4C3=O)cc2)nc2c(C)c(Cl)ccc12)C(=O)c1ccccc1. The van der Waals surface area contributed by atoms with Crippen molar-refractivity contribution >= 4 is 51.8 Å². The van der Waals surface area contributed by atoms with Crippen molar-refractivity contribution < 1.29 is 23.9 Å². The number of aryl methyl sites for hydroxylation is 1. The second-order valence-corrected chi connectivity index (χ2v) is 12.5. The summed E-state index contributed by atoms with van der Waals surface area (Å²) in [6, 6.07) is 21.0. The van der Waals surface area contributed by atoms with Crippen LogP contribution < -0.4 is 4.90 Å². The molecule has 44 heavy (non-hydrogen) atoms. The van der Waals surface area contributed by atoms with Gasteiger partial charge in [0.15, 0.2) is 6.10 Å². The molecule has 7 rings (SSSR count). The van der Waals surface area contributed by atoms with Crippen LogP contribution in [-0.2, 0) is 14.3 Å². The monoisotopic (exact) mass is 606 g/mol. The number of benzene rings is 3. The number of Topliss-reactive ketones (excluding diaryl/α,β-unsaturated/α-hetero) is 1. The van der Waals surface area contributed by atoms with Gasteiger partial charge < -0.3 is 4.74 Å². The van der Waals surface area contributed by atoms with Gasteiger partial charge in [-0.3, -0.25) is 19.3 Å². The van der Waals surface area contributed by atoms with Crippen LogP contribution in [0.4, 0.5) is 5.69 Å². The van der Waals surface area contributed by atoms with Gasteiger partial charge >= 0.3 is 5.97 Å². The maximum absolute atomic E-state index is 13.7. The molecular weight excluding hydrogens is 576 g/mol. The first-order valence-corrected chi connectivity index (χ1v) is 15.5. The largest absolute Gasteiger partial charge is 0.450 e. The van der Waals surface area contributed by atoms with E-state index in [0.717, 1.165) is 19.3 Å². The minimum Gasteiger partial charge on any atom is -0.450 e. The van der Waals surface area contributed by atoms with Crippen molar-refractivity contribution in [3.05, 3.63) is 94.5 Å². The molecule has 2 bridgehead atoms. The Hall–Kier alpha value is -4.36. The Bertz CT molecular complexity index is 1810. The molecule has 8 heteroatoms. The number of fused-ring (bicyclic) bond motifs is 6. The fourth-order valence-corrected chi connectivity index (χ4v) is 7.62. The fourth-order valence-electron chi connectivity index (χ4n) is 7.47. The second kappa shape index (κ2) is 11.0. The van der Waals surface area contributed by atoms with Crippen molar-refractivity contribution in [2.24, 2.45) is 23.7 Å². The number of nitrogens with zero attached hydrogens (tertiary/aromatic N) is 2. The number of rotatable bonds is 7. The molecule has 2 aliphatic carbocycles. The minimum absolute atomic E-state index is 0.0883. The summed E-state index contributed by atoms with van der Waals surface area (Å²) in [5, 5.41) is 1.07. The highest BCUT2D eigenvalue weighted by molar-refractivity contribution is 6.32. The Balaban J connectivity index is 1.22. The lowest BCUT2D eigenvalue weighted by atomic mass is 9.81. The molecule has 2 saturated carbocycles. The van der Waals surface area contributed by atoms with Crippen molar-refractivity contribution in [2.75, 3.05) is 4.90 Å². The van der Waals surface area contributed by atoms with Crippen LogP contribution in [0.3, 0.4) is 0 Å². The summed E-state index contributed by atoms with van der Waals surface area (Å²) in [7, 11) is 0. The summed E-state index contributed by atoms with van der Waals surface area (Å²) in [6.07, 6.45) is 2.41. The summed E-state index contributed by atoms with van der Waals surface area (Å²) in [5.41, 5.74) is 3.72. The van der Waals surface area contributed by atoms with Crippen LogP contribution >= 0.6 is 11.6 Å².